The minimum absolute atomic E-state index is 0.0638. The predicted molar refractivity (Wildman–Crippen MR) is 92.6 cm³/mol. The molecule has 3 atom stereocenters. The van der Waals surface area contributed by atoms with E-state index in [1.165, 1.54) is 25.4 Å². The van der Waals surface area contributed by atoms with Gasteiger partial charge in [0.25, 0.3) is 10.0 Å². The molecular formula is C16H26N4O5S. The van der Waals surface area contributed by atoms with Crippen molar-refractivity contribution in [3.63, 3.8) is 0 Å². The van der Waals surface area contributed by atoms with Gasteiger partial charge in [0, 0.05) is 19.8 Å². The molecule has 0 bridgehead atoms. The van der Waals surface area contributed by atoms with Crippen molar-refractivity contribution in [1.82, 2.24) is 19.6 Å². The van der Waals surface area contributed by atoms with Gasteiger partial charge >= 0.3 is 0 Å². The number of nitrogens with one attached hydrogen (secondary N) is 2. The second kappa shape index (κ2) is 8.03. The Balaban J connectivity index is 1.53. The maximum Gasteiger partial charge on any atom is 0.259 e. The summed E-state index contributed by atoms with van der Waals surface area (Å²) in [5, 5.41) is 12.4. The van der Waals surface area contributed by atoms with Crippen molar-refractivity contribution in [3.05, 3.63) is 12.5 Å². The van der Waals surface area contributed by atoms with E-state index in [-0.39, 0.29) is 30.1 Å². The summed E-state index contributed by atoms with van der Waals surface area (Å²) in [4.78, 5) is 15.8. The van der Waals surface area contributed by atoms with Crippen LogP contribution in [0.5, 0.6) is 0 Å². The number of carbonyl (C=O) groups is 1. The van der Waals surface area contributed by atoms with E-state index >= 15 is 0 Å². The molecular weight excluding hydrogens is 360 g/mol. The first-order chi connectivity index (χ1) is 12.4. The Morgan fingerprint density at radius 3 is 2.77 bits per heavy atom. The van der Waals surface area contributed by atoms with Gasteiger partial charge in [0.2, 0.25) is 5.91 Å². The smallest absolute Gasteiger partial charge is 0.259 e. The molecule has 1 saturated carbocycles. The highest BCUT2D eigenvalue weighted by Gasteiger charge is 2.35. The largest absolute Gasteiger partial charge is 0.394 e. The second-order valence-electron chi connectivity index (χ2n) is 7.11. The van der Waals surface area contributed by atoms with Crippen molar-refractivity contribution in [2.24, 2.45) is 13.0 Å². The zero-order valence-electron chi connectivity index (χ0n) is 14.8. The molecule has 0 radical (unpaired) electrons. The SMILES string of the molecule is Cn1cnc(S(=O)(=O)N[C@H]2CC[C@H](CC(=O)NCC3CC3)O[C@H]2CO)c1. The van der Waals surface area contributed by atoms with Crippen molar-refractivity contribution in [1.29, 1.82) is 0 Å². The standard InChI is InChI=1S/C16H26N4O5S/c1-20-8-16(18-10-20)26(23,24)19-13-5-4-12(25-14(13)9-21)6-15(22)17-7-11-2-3-11/h8,10-14,19,21H,2-7,9H2,1H3,(H,17,22)/t12-,13+,14+/m1/s1. The maximum absolute atomic E-state index is 12.4. The summed E-state index contributed by atoms with van der Waals surface area (Å²) in [6, 6.07) is -0.558. The lowest BCUT2D eigenvalue weighted by Gasteiger charge is -2.35. The minimum Gasteiger partial charge on any atom is -0.394 e. The van der Waals surface area contributed by atoms with Crippen molar-refractivity contribution < 1.29 is 23.1 Å². The average Bonchev–Trinajstić information content (AvgIpc) is 3.32. The number of rotatable bonds is 8. The van der Waals surface area contributed by atoms with Crippen LogP contribution in [-0.2, 0) is 26.6 Å². The number of aliphatic hydroxyl groups is 1. The molecule has 1 aromatic rings. The summed E-state index contributed by atoms with van der Waals surface area (Å²) in [7, 11) is -2.10. The number of hydrogen-bond acceptors (Lipinski definition) is 6. The van der Waals surface area contributed by atoms with Crippen LogP contribution in [0.1, 0.15) is 32.1 Å². The molecule has 2 aliphatic rings. The topological polar surface area (TPSA) is 123 Å². The molecule has 3 rings (SSSR count). The van der Waals surface area contributed by atoms with E-state index in [9.17, 15) is 18.3 Å². The van der Waals surface area contributed by atoms with Crippen molar-refractivity contribution >= 4 is 15.9 Å². The monoisotopic (exact) mass is 386 g/mol. The van der Waals surface area contributed by atoms with Crippen LogP contribution in [-0.4, -0.2) is 60.4 Å². The number of ether oxygens (including phenoxy) is 1. The normalized spacial score (nSPS) is 26.6. The summed E-state index contributed by atoms with van der Waals surface area (Å²) in [6.45, 7) is 0.386. The number of hydrogen-bond donors (Lipinski definition) is 3. The molecule has 0 aromatic carbocycles. The van der Waals surface area contributed by atoms with Crippen LogP contribution in [0.2, 0.25) is 0 Å². The molecule has 10 heteroatoms. The lowest BCUT2D eigenvalue weighted by Crippen LogP contribution is -2.51. The molecule has 2 heterocycles. The number of aryl methyl sites for hydroxylation is 1. The molecule has 26 heavy (non-hydrogen) atoms. The number of aliphatic hydroxyl groups excluding tert-OH is 1. The molecule has 1 aliphatic carbocycles. The van der Waals surface area contributed by atoms with Gasteiger partial charge in [-0.3, -0.25) is 4.79 Å². The molecule has 0 spiro atoms. The van der Waals surface area contributed by atoms with E-state index < -0.39 is 22.2 Å². The number of amides is 1. The van der Waals surface area contributed by atoms with Crippen LogP contribution in [0.4, 0.5) is 0 Å². The summed E-state index contributed by atoms with van der Waals surface area (Å²) < 4.78 is 34.7. The van der Waals surface area contributed by atoms with Crippen molar-refractivity contribution in [3.8, 4) is 0 Å². The van der Waals surface area contributed by atoms with E-state index in [4.69, 9.17) is 4.74 Å². The molecule has 1 aliphatic heterocycles. The van der Waals surface area contributed by atoms with Gasteiger partial charge in [0.15, 0.2) is 5.03 Å². The number of imidazole rings is 1. The highest BCUT2D eigenvalue weighted by Crippen LogP contribution is 2.28. The van der Waals surface area contributed by atoms with Crippen LogP contribution in [0.3, 0.4) is 0 Å². The van der Waals surface area contributed by atoms with E-state index in [1.54, 1.807) is 11.6 Å². The number of aromatic nitrogens is 2. The molecule has 0 unspecified atom stereocenters. The molecule has 146 valence electrons. The molecule has 9 nitrogen and oxygen atoms in total. The zero-order valence-corrected chi connectivity index (χ0v) is 15.6. The third kappa shape index (κ3) is 5.03. The van der Waals surface area contributed by atoms with E-state index in [0.717, 1.165) is 0 Å². The Bertz CT molecular complexity index is 731. The Labute approximate surface area is 153 Å². The van der Waals surface area contributed by atoms with Gasteiger partial charge in [-0.2, -0.15) is 0 Å². The Morgan fingerprint density at radius 2 is 2.15 bits per heavy atom. The molecule has 1 amide bonds. The zero-order chi connectivity index (χ0) is 18.7. The maximum atomic E-state index is 12.4. The van der Waals surface area contributed by atoms with Crippen LogP contribution < -0.4 is 10.0 Å². The predicted octanol–water partition coefficient (Wildman–Crippen LogP) is -0.477. The van der Waals surface area contributed by atoms with E-state index in [0.29, 0.717) is 25.3 Å². The highest BCUT2D eigenvalue weighted by atomic mass is 32.2. The van der Waals surface area contributed by atoms with Gasteiger partial charge in [-0.25, -0.2) is 18.1 Å². The van der Waals surface area contributed by atoms with Gasteiger partial charge < -0.3 is 19.7 Å². The minimum atomic E-state index is -3.79. The third-order valence-electron chi connectivity index (χ3n) is 4.76. The summed E-state index contributed by atoms with van der Waals surface area (Å²) in [5.41, 5.74) is 0. The van der Waals surface area contributed by atoms with Gasteiger partial charge in [-0.15, -0.1) is 0 Å². The van der Waals surface area contributed by atoms with Gasteiger partial charge in [0.1, 0.15) is 0 Å². The van der Waals surface area contributed by atoms with Crippen LogP contribution in [0, 0.1) is 5.92 Å². The fourth-order valence-electron chi connectivity index (χ4n) is 3.06. The first kappa shape index (κ1) is 19.3. The Morgan fingerprint density at radius 1 is 1.38 bits per heavy atom. The van der Waals surface area contributed by atoms with Crippen LogP contribution in [0.25, 0.3) is 0 Å². The average molecular weight is 386 g/mol. The molecule has 3 N–H and O–H groups in total. The number of carbonyl (C=O) groups excluding carboxylic acids is 1. The molecule has 2 fully saturated rings. The highest BCUT2D eigenvalue weighted by molar-refractivity contribution is 7.89. The Hall–Kier alpha value is -1.49. The summed E-state index contributed by atoms with van der Waals surface area (Å²) >= 11 is 0. The van der Waals surface area contributed by atoms with Crippen molar-refractivity contribution in [2.45, 2.75) is 55.4 Å². The molecule has 1 saturated heterocycles. The lowest BCUT2D eigenvalue weighted by atomic mass is 9.98. The fourth-order valence-corrected chi connectivity index (χ4v) is 4.34. The fraction of sp³-hybridized carbons (Fsp3) is 0.750. The van der Waals surface area contributed by atoms with Gasteiger partial charge in [-0.1, -0.05) is 0 Å². The summed E-state index contributed by atoms with van der Waals surface area (Å²) in [5.74, 6) is 0.549. The number of sulfonamides is 1. The van der Waals surface area contributed by atoms with E-state index in [1.807, 2.05) is 0 Å². The second-order valence-corrected chi connectivity index (χ2v) is 8.77. The van der Waals surface area contributed by atoms with Gasteiger partial charge in [0.05, 0.1) is 37.6 Å². The quantitative estimate of drug-likeness (QED) is 0.555. The lowest BCUT2D eigenvalue weighted by molar-refractivity contribution is -0.130. The van der Waals surface area contributed by atoms with Gasteiger partial charge in [-0.05, 0) is 31.6 Å². The first-order valence-corrected chi connectivity index (χ1v) is 10.4. The molecule has 1 aromatic heterocycles. The first-order valence-electron chi connectivity index (χ1n) is 8.90. The Kier molecular flexibility index (Phi) is 5.96. The van der Waals surface area contributed by atoms with Crippen molar-refractivity contribution in [2.75, 3.05) is 13.2 Å². The van der Waals surface area contributed by atoms with Crippen LogP contribution >= 0.6 is 0 Å². The summed E-state index contributed by atoms with van der Waals surface area (Å²) in [6.07, 6.45) is 5.41. The van der Waals surface area contributed by atoms with E-state index in [2.05, 4.69) is 15.0 Å². The number of nitrogens with zero attached hydrogens (tertiary/aromatic N) is 2. The van der Waals surface area contributed by atoms with Crippen LogP contribution in [0.15, 0.2) is 17.6 Å². The third-order valence-corrected chi connectivity index (χ3v) is 6.13.